The number of amides is 4. The van der Waals surface area contributed by atoms with Crippen molar-refractivity contribution in [1.29, 1.82) is 0 Å². The van der Waals surface area contributed by atoms with E-state index in [4.69, 9.17) is 9.47 Å². The molecule has 2 fully saturated rings. The van der Waals surface area contributed by atoms with Gasteiger partial charge in [0.15, 0.2) is 0 Å². The number of nitrogens with zero attached hydrogens (tertiary/aromatic N) is 3. The average Bonchev–Trinajstić information content (AvgIpc) is 3.31. The molecule has 216 valence electrons. The third-order valence-corrected chi connectivity index (χ3v) is 6.50. The van der Waals surface area contributed by atoms with Crippen LogP contribution in [0.25, 0.3) is 0 Å². The van der Waals surface area contributed by atoms with Crippen LogP contribution >= 0.6 is 0 Å². The Balaban J connectivity index is 1.56. The van der Waals surface area contributed by atoms with E-state index in [9.17, 15) is 14.4 Å². The molecule has 3 N–H and O–H groups in total. The van der Waals surface area contributed by atoms with Crippen LogP contribution in [0, 0.1) is 11.8 Å². The van der Waals surface area contributed by atoms with Crippen molar-refractivity contribution < 1.29 is 23.9 Å². The van der Waals surface area contributed by atoms with Gasteiger partial charge in [-0.1, -0.05) is 27.7 Å². The lowest BCUT2D eigenvalue weighted by Gasteiger charge is -2.26. The number of ether oxygens (including phenoxy) is 2. The van der Waals surface area contributed by atoms with Crippen molar-refractivity contribution in [3.63, 3.8) is 0 Å². The molecule has 2 atom stereocenters. The molecular formula is C28H44N6O5. The topological polar surface area (TPSA) is 125 Å². The first kappa shape index (κ1) is 30.4. The molecule has 0 aromatic heterocycles. The van der Waals surface area contributed by atoms with Crippen molar-refractivity contribution in [2.24, 2.45) is 16.9 Å². The molecule has 0 aliphatic carbocycles. The van der Waals surface area contributed by atoms with Gasteiger partial charge in [0.2, 0.25) is 5.91 Å². The SMILES string of the molecule is CC(C)C[C@@H](/C=N/N1CCNC1=O)NC(=O)[C@H](CC(C)C)NC(=O)c1ccc(OCCN2CCOCC2)cc1. The van der Waals surface area contributed by atoms with Crippen LogP contribution in [0.15, 0.2) is 29.4 Å². The van der Waals surface area contributed by atoms with Gasteiger partial charge in [0.05, 0.1) is 25.8 Å². The van der Waals surface area contributed by atoms with E-state index in [1.165, 1.54) is 5.01 Å². The third kappa shape index (κ3) is 10.5. The number of nitrogens with one attached hydrogen (secondary N) is 3. The maximum atomic E-state index is 13.3. The second-order valence-electron chi connectivity index (χ2n) is 10.8. The van der Waals surface area contributed by atoms with Crippen molar-refractivity contribution in [3.8, 4) is 5.75 Å². The second kappa shape index (κ2) is 15.4. The van der Waals surface area contributed by atoms with Crippen LogP contribution in [-0.4, -0.2) is 98.6 Å². The van der Waals surface area contributed by atoms with E-state index in [2.05, 4.69) is 39.8 Å². The van der Waals surface area contributed by atoms with Crippen LogP contribution in [0.5, 0.6) is 5.75 Å². The van der Waals surface area contributed by atoms with Gasteiger partial charge >= 0.3 is 6.03 Å². The molecule has 1 aromatic carbocycles. The summed E-state index contributed by atoms with van der Waals surface area (Å²) >= 11 is 0. The van der Waals surface area contributed by atoms with Gasteiger partial charge in [-0.2, -0.15) is 5.10 Å². The molecule has 11 nitrogen and oxygen atoms in total. The number of hydrazone groups is 1. The summed E-state index contributed by atoms with van der Waals surface area (Å²) in [6.07, 6.45) is 2.75. The summed E-state index contributed by atoms with van der Waals surface area (Å²) in [7, 11) is 0. The summed E-state index contributed by atoms with van der Waals surface area (Å²) in [6, 6.07) is 5.63. The average molecular weight is 545 g/mol. The Bertz CT molecular complexity index is 962. The molecule has 0 saturated carbocycles. The zero-order valence-electron chi connectivity index (χ0n) is 23.7. The molecule has 2 saturated heterocycles. The Morgan fingerprint density at radius 3 is 2.36 bits per heavy atom. The lowest BCUT2D eigenvalue weighted by Crippen LogP contribution is -2.51. The third-order valence-electron chi connectivity index (χ3n) is 6.50. The quantitative estimate of drug-likeness (QED) is 0.308. The number of carbonyl (C=O) groups is 3. The molecule has 0 radical (unpaired) electrons. The van der Waals surface area contributed by atoms with Gasteiger partial charge in [-0.15, -0.1) is 0 Å². The summed E-state index contributed by atoms with van der Waals surface area (Å²) in [4.78, 5) is 40.4. The summed E-state index contributed by atoms with van der Waals surface area (Å²) < 4.78 is 11.2. The molecule has 4 amide bonds. The second-order valence-corrected chi connectivity index (χ2v) is 10.8. The first-order valence-electron chi connectivity index (χ1n) is 13.9. The molecule has 2 heterocycles. The lowest BCUT2D eigenvalue weighted by atomic mass is 10.0. The molecule has 0 spiro atoms. The lowest BCUT2D eigenvalue weighted by molar-refractivity contribution is -0.123. The standard InChI is InChI=1S/C28H44N6O5/c1-20(2)17-23(19-30-34-10-9-29-28(34)37)31-27(36)25(18-21(3)4)32-26(35)22-5-7-24(8-6-22)39-16-13-33-11-14-38-15-12-33/h5-8,19-21,23,25H,9-18H2,1-4H3,(H,29,37)(H,31,36)(H,32,35)/b30-19+/t23-,25-/m0/s1. The predicted molar refractivity (Wildman–Crippen MR) is 150 cm³/mol. The number of rotatable bonds is 14. The molecule has 2 aliphatic rings. The summed E-state index contributed by atoms with van der Waals surface area (Å²) in [6.45, 7) is 13.9. The van der Waals surface area contributed by atoms with Crippen LogP contribution in [-0.2, 0) is 9.53 Å². The van der Waals surface area contributed by atoms with Gasteiger partial charge in [0.25, 0.3) is 5.91 Å². The Labute approximate surface area is 231 Å². The normalized spacial score (nSPS) is 17.9. The monoisotopic (exact) mass is 544 g/mol. The van der Waals surface area contributed by atoms with Gasteiger partial charge in [0.1, 0.15) is 18.4 Å². The zero-order valence-corrected chi connectivity index (χ0v) is 23.7. The van der Waals surface area contributed by atoms with Crippen LogP contribution < -0.4 is 20.7 Å². The molecule has 2 aliphatic heterocycles. The van der Waals surface area contributed by atoms with E-state index in [0.717, 1.165) is 32.8 Å². The summed E-state index contributed by atoms with van der Waals surface area (Å²) in [5.41, 5.74) is 0.456. The number of carbonyl (C=O) groups excluding carboxylic acids is 3. The Morgan fingerprint density at radius 1 is 1.05 bits per heavy atom. The van der Waals surface area contributed by atoms with E-state index in [0.29, 0.717) is 49.8 Å². The van der Waals surface area contributed by atoms with E-state index >= 15 is 0 Å². The molecule has 3 rings (SSSR count). The summed E-state index contributed by atoms with van der Waals surface area (Å²) in [5.74, 6) is 0.580. The van der Waals surface area contributed by atoms with Crippen LogP contribution in [0.1, 0.15) is 50.9 Å². The maximum Gasteiger partial charge on any atom is 0.337 e. The number of hydrogen-bond acceptors (Lipinski definition) is 7. The number of urea groups is 1. The van der Waals surface area contributed by atoms with Gasteiger partial charge < -0.3 is 25.4 Å². The van der Waals surface area contributed by atoms with E-state index in [1.807, 2.05) is 13.8 Å². The van der Waals surface area contributed by atoms with Crippen molar-refractivity contribution in [2.75, 3.05) is 52.5 Å². The van der Waals surface area contributed by atoms with Crippen molar-refractivity contribution in [2.45, 2.75) is 52.6 Å². The van der Waals surface area contributed by atoms with Crippen molar-refractivity contribution >= 4 is 24.1 Å². The van der Waals surface area contributed by atoms with Crippen molar-refractivity contribution in [1.82, 2.24) is 25.9 Å². The van der Waals surface area contributed by atoms with Crippen LogP contribution in [0.4, 0.5) is 4.79 Å². The Morgan fingerprint density at radius 2 is 1.74 bits per heavy atom. The fourth-order valence-electron chi connectivity index (χ4n) is 4.45. The van der Waals surface area contributed by atoms with Gasteiger partial charge in [-0.05, 0) is 48.9 Å². The molecule has 0 bridgehead atoms. The van der Waals surface area contributed by atoms with Crippen LogP contribution in [0.2, 0.25) is 0 Å². The zero-order chi connectivity index (χ0) is 28.2. The minimum atomic E-state index is -0.708. The Hall–Kier alpha value is -3.18. The minimum Gasteiger partial charge on any atom is -0.492 e. The highest BCUT2D eigenvalue weighted by Crippen LogP contribution is 2.14. The first-order chi connectivity index (χ1) is 18.7. The molecule has 0 unspecified atom stereocenters. The van der Waals surface area contributed by atoms with Crippen molar-refractivity contribution in [3.05, 3.63) is 29.8 Å². The molecule has 39 heavy (non-hydrogen) atoms. The van der Waals surface area contributed by atoms with Gasteiger partial charge in [0, 0.05) is 38.0 Å². The largest absolute Gasteiger partial charge is 0.492 e. The van der Waals surface area contributed by atoms with E-state index in [-0.39, 0.29) is 29.8 Å². The van der Waals surface area contributed by atoms with Gasteiger partial charge in [-0.3, -0.25) is 14.5 Å². The molecule has 11 heteroatoms. The number of morpholine rings is 1. The number of benzene rings is 1. The molecular weight excluding hydrogens is 500 g/mol. The van der Waals surface area contributed by atoms with Crippen LogP contribution in [0.3, 0.4) is 0 Å². The highest BCUT2D eigenvalue weighted by atomic mass is 16.5. The number of hydrogen-bond donors (Lipinski definition) is 3. The van der Waals surface area contributed by atoms with E-state index in [1.54, 1.807) is 30.5 Å². The smallest absolute Gasteiger partial charge is 0.337 e. The summed E-state index contributed by atoms with van der Waals surface area (Å²) in [5, 5.41) is 14.2. The fraction of sp³-hybridized carbons (Fsp3) is 0.643. The fourth-order valence-corrected chi connectivity index (χ4v) is 4.45. The predicted octanol–water partition coefficient (Wildman–Crippen LogP) is 2.08. The minimum absolute atomic E-state index is 0.189. The first-order valence-corrected chi connectivity index (χ1v) is 13.9. The highest BCUT2D eigenvalue weighted by molar-refractivity contribution is 5.98. The maximum absolute atomic E-state index is 13.3. The Kier molecular flexibility index (Phi) is 12.0. The van der Waals surface area contributed by atoms with E-state index < -0.39 is 6.04 Å². The molecule has 1 aromatic rings. The van der Waals surface area contributed by atoms with Gasteiger partial charge in [-0.25, -0.2) is 9.80 Å². The highest BCUT2D eigenvalue weighted by Gasteiger charge is 2.25.